The molecule has 0 spiro atoms. The standard InChI is InChI=1S/C14H23NO3.ClH/c1-6-15(7-2)9-10-8-11(14(3,4)5)18-12(10)13(16)17;/h8H,6-7,9H2,1-5H3,(H,16,17);1H. The van der Waals surface area contributed by atoms with Crippen LogP contribution in [-0.4, -0.2) is 29.1 Å². The lowest BCUT2D eigenvalue weighted by Crippen LogP contribution is -2.22. The average Bonchev–Trinajstić information content (AvgIpc) is 2.69. The van der Waals surface area contributed by atoms with Gasteiger partial charge in [-0.2, -0.15) is 0 Å². The molecule has 0 aromatic carbocycles. The summed E-state index contributed by atoms with van der Waals surface area (Å²) in [7, 11) is 0. The Morgan fingerprint density at radius 2 is 1.84 bits per heavy atom. The van der Waals surface area contributed by atoms with E-state index in [2.05, 4.69) is 18.7 Å². The molecule has 0 amide bonds. The number of hydrogen-bond acceptors (Lipinski definition) is 3. The molecule has 0 saturated heterocycles. The number of furan rings is 1. The summed E-state index contributed by atoms with van der Waals surface area (Å²) in [6.45, 7) is 12.6. The van der Waals surface area contributed by atoms with Gasteiger partial charge in [0, 0.05) is 17.5 Å². The van der Waals surface area contributed by atoms with Crippen LogP contribution in [0.25, 0.3) is 0 Å². The highest BCUT2D eigenvalue weighted by Crippen LogP contribution is 2.28. The minimum absolute atomic E-state index is 0. The number of aromatic carboxylic acids is 1. The normalized spacial score (nSPS) is 11.5. The molecular weight excluding hydrogens is 266 g/mol. The van der Waals surface area contributed by atoms with Crippen LogP contribution in [0.15, 0.2) is 10.5 Å². The van der Waals surface area contributed by atoms with Crippen molar-refractivity contribution < 1.29 is 14.3 Å². The first-order chi connectivity index (χ1) is 8.29. The second-order valence-electron chi connectivity index (χ2n) is 5.48. The number of nitrogens with zero attached hydrogens (tertiary/aromatic N) is 1. The summed E-state index contributed by atoms with van der Waals surface area (Å²) in [5, 5.41) is 9.19. The van der Waals surface area contributed by atoms with Crippen molar-refractivity contribution in [3.8, 4) is 0 Å². The van der Waals surface area contributed by atoms with Gasteiger partial charge >= 0.3 is 5.97 Å². The van der Waals surface area contributed by atoms with E-state index in [-0.39, 0.29) is 23.6 Å². The highest BCUT2D eigenvalue weighted by Gasteiger charge is 2.25. The Labute approximate surface area is 121 Å². The van der Waals surface area contributed by atoms with Gasteiger partial charge in [-0.15, -0.1) is 12.4 Å². The number of carboxylic acid groups (broad SMARTS) is 1. The fourth-order valence-corrected chi connectivity index (χ4v) is 1.78. The molecule has 19 heavy (non-hydrogen) atoms. The van der Waals surface area contributed by atoms with Gasteiger partial charge in [0.25, 0.3) is 0 Å². The highest BCUT2D eigenvalue weighted by atomic mass is 35.5. The zero-order valence-electron chi connectivity index (χ0n) is 12.3. The minimum atomic E-state index is -0.993. The van der Waals surface area contributed by atoms with Gasteiger partial charge < -0.3 is 9.52 Å². The fraction of sp³-hybridized carbons (Fsp3) is 0.643. The molecule has 0 saturated carbocycles. The van der Waals surface area contributed by atoms with Crippen molar-refractivity contribution in [3.05, 3.63) is 23.2 Å². The Kier molecular flexibility index (Phi) is 6.60. The van der Waals surface area contributed by atoms with Crippen molar-refractivity contribution in [2.24, 2.45) is 0 Å². The summed E-state index contributed by atoms with van der Waals surface area (Å²) >= 11 is 0. The maximum atomic E-state index is 11.2. The second kappa shape index (κ2) is 6.96. The van der Waals surface area contributed by atoms with Gasteiger partial charge in [-0.05, 0) is 19.2 Å². The molecule has 1 aromatic rings. The summed E-state index contributed by atoms with van der Waals surface area (Å²) in [6.07, 6.45) is 0. The topological polar surface area (TPSA) is 53.7 Å². The number of carboxylic acids is 1. The largest absolute Gasteiger partial charge is 0.475 e. The molecule has 0 aliphatic rings. The third-order valence-corrected chi connectivity index (χ3v) is 3.03. The molecule has 1 aromatic heterocycles. The third kappa shape index (κ3) is 4.55. The van der Waals surface area contributed by atoms with Crippen molar-refractivity contribution in [2.75, 3.05) is 13.1 Å². The first-order valence-electron chi connectivity index (χ1n) is 6.38. The number of rotatable bonds is 5. The first-order valence-corrected chi connectivity index (χ1v) is 6.38. The predicted molar refractivity (Wildman–Crippen MR) is 78.2 cm³/mol. The lowest BCUT2D eigenvalue weighted by molar-refractivity contribution is 0.0655. The Hall–Kier alpha value is -1.00. The lowest BCUT2D eigenvalue weighted by Gasteiger charge is -2.17. The van der Waals surface area contributed by atoms with E-state index in [1.807, 2.05) is 26.8 Å². The van der Waals surface area contributed by atoms with Crippen molar-refractivity contribution in [3.63, 3.8) is 0 Å². The smallest absolute Gasteiger partial charge is 0.372 e. The van der Waals surface area contributed by atoms with Gasteiger partial charge in [0.1, 0.15) is 5.76 Å². The zero-order valence-corrected chi connectivity index (χ0v) is 13.1. The Bertz CT molecular complexity index is 417. The van der Waals surface area contributed by atoms with Crippen molar-refractivity contribution in [1.29, 1.82) is 0 Å². The van der Waals surface area contributed by atoms with E-state index >= 15 is 0 Å². The van der Waals surface area contributed by atoms with Crippen molar-refractivity contribution in [2.45, 2.75) is 46.6 Å². The van der Waals surface area contributed by atoms with E-state index in [0.29, 0.717) is 6.54 Å². The van der Waals surface area contributed by atoms with Gasteiger partial charge in [-0.25, -0.2) is 4.79 Å². The van der Waals surface area contributed by atoms with Crippen LogP contribution in [0.3, 0.4) is 0 Å². The predicted octanol–water partition coefficient (Wildman–Crippen LogP) is 3.54. The molecule has 0 bridgehead atoms. The average molecular weight is 290 g/mol. The van der Waals surface area contributed by atoms with Gasteiger partial charge in [0.05, 0.1) is 0 Å². The molecule has 0 aliphatic heterocycles. The van der Waals surface area contributed by atoms with Crippen LogP contribution in [0.2, 0.25) is 0 Å². The summed E-state index contributed by atoms with van der Waals surface area (Å²) in [5.74, 6) is -0.193. The van der Waals surface area contributed by atoms with Gasteiger partial charge in [-0.3, -0.25) is 4.90 Å². The SMILES string of the molecule is CCN(CC)Cc1cc(C(C)(C)C)oc1C(=O)O.Cl. The van der Waals surface area contributed by atoms with Gasteiger partial charge in [-0.1, -0.05) is 34.6 Å². The van der Waals surface area contributed by atoms with Gasteiger partial charge in [0.2, 0.25) is 5.76 Å². The quantitative estimate of drug-likeness (QED) is 0.901. The summed E-state index contributed by atoms with van der Waals surface area (Å²) in [5.41, 5.74) is 0.585. The second-order valence-corrected chi connectivity index (χ2v) is 5.48. The molecule has 5 heteroatoms. The highest BCUT2D eigenvalue weighted by molar-refractivity contribution is 5.86. The molecule has 0 fully saturated rings. The molecule has 4 nitrogen and oxygen atoms in total. The molecular formula is C14H24ClNO3. The van der Waals surface area contributed by atoms with E-state index in [9.17, 15) is 9.90 Å². The minimum Gasteiger partial charge on any atom is -0.475 e. The van der Waals surface area contributed by atoms with Crippen molar-refractivity contribution >= 4 is 18.4 Å². The number of carbonyl (C=O) groups is 1. The summed E-state index contributed by atoms with van der Waals surface area (Å²) < 4.78 is 5.50. The van der Waals surface area contributed by atoms with Crippen LogP contribution in [-0.2, 0) is 12.0 Å². The monoisotopic (exact) mass is 289 g/mol. The Morgan fingerprint density at radius 1 is 1.32 bits per heavy atom. The Balaban J connectivity index is 0.00000324. The van der Waals surface area contributed by atoms with Crippen LogP contribution >= 0.6 is 12.4 Å². The summed E-state index contributed by atoms with van der Waals surface area (Å²) in [6, 6.07) is 1.88. The molecule has 1 heterocycles. The molecule has 1 rings (SSSR count). The molecule has 110 valence electrons. The molecule has 1 N–H and O–H groups in total. The van der Waals surface area contributed by atoms with Crippen LogP contribution < -0.4 is 0 Å². The van der Waals surface area contributed by atoms with Crippen LogP contribution in [0.5, 0.6) is 0 Å². The van der Waals surface area contributed by atoms with E-state index in [4.69, 9.17) is 4.42 Å². The number of hydrogen-bond donors (Lipinski definition) is 1. The third-order valence-electron chi connectivity index (χ3n) is 3.03. The molecule has 0 unspecified atom stereocenters. The zero-order chi connectivity index (χ0) is 13.9. The summed E-state index contributed by atoms with van der Waals surface area (Å²) in [4.78, 5) is 13.4. The number of halogens is 1. The van der Waals surface area contributed by atoms with Crippen LogP contribution in [0, 0.1) is 0 Å². The van der Waals surface area contributed by atoms with E-state index in [0.717, 1.165) is 24.4 Å². The van der Waals surface area contributed by atoms with Gasteiger partial charge in [0.15, 0.2) is 0 Å². The maximum Gasteiger partial charge on any atom is 0.372 e. The Morgan fingerprint density at radius 3 is 2.21 bits per heavy atom. The van der Waals surface area contributed by atoms with Crippen LogP contribution in [0.4, 0.5) is 0 Å². The van der Waals surface area contributed by atoms with E-state index in [1.165, 1.54) is 0 Å². The fourth-order valence-electron chi connectivity index (χ4n) is 1.78. The molecule has 0 aliphatic carbocycles. The molecule has 0 atom stereocenters. The molecule has 0 radical (unpaired) electrons. The van der Waals surface area contributed by atoms with Crippen molar-refractivity contribution in [1.82, 2.24) is 4.90 Å². The van der Waals surface area contributed by atoms with Crippen LogP contribution in [0.1, 0.15) is 56.5 Å². The van der Waals surface area contributed by atoms with E-state index in [1.54, 1.807) is 0 Å². The maximum absolute atomic E-state index is 11.2. The first kappa shape index (κ1) is 18.0. The van der Waals surface area contributed by atoms with E-state index < -0.39 is 5.97 Å². The lowest BCUT2D eigenvalue weighted by atomic mass is 9.93.